The second-order valence-electron chi connectivity index (χ2n) is 12.1. The number of nitrogens with zero attached hydrogens (tertiary/aromatic N) is 4. The van der Waals surface area contributed by atoms with Gasteiger partial charge in [-0.05, 0) is 51.1 Å². The summed E-state index contributed by atoms with van der Waals surface area (Å²) in [4.78, 5) is 34.3. The number of likely N-dealkylation sites (tertiary alicyclic amines) is 1. The molecule has 0 radical (unpaired) electrons. The molecular weight excluding hydrogens is 592 g/mol. The summed E-state index contributed by atoms with van der Waals surface area (Å²) in [5.41, 5.74) is 0.438. The lowest BCUT2D eigenvalue weighted by atomic mass is 9.93. The van der Waals surface area contributed by atoms with Crippen LogP contribution in [0.3, 0.4) is 0 Å². The average molecular weight is 628 g/mol. The molecule has 218 valence electrons. The molecule has 1 amide bonds. The number of aromatic nitrogens is 2. The second-order valence-corrected chi connectivity index (χ2v) is 12.9. The number of ether oxygens (including phenoxy) is 3. The van der Waals surface area contributed by atoms with Crippen LogP contribution >= 0.6 is 15.9 Å². The molecule has 1 fully saturated rings. The van der Waals surface area contributed by atoms with Crippen molar-refractivity contribution in [3.8, 4) is 11.5 Å². The topological polar surface area (TPSA) is 106 Å². The molecule has 1 atom stereocenters. The van der Waals surface area contributed by atoms with E-state index in [0.29, 0.717) is 62.9 Å². The number of halogens is 1. The number of hydrogen-bond donors (Lipinski definition) is 1. The highest BCUT2D eigenvalue weighted by molar-refractivity contribution is 9.10. The Morgan fingerprint density at radius 1 is 1.17 bits per heavy atom. The van der Waals surface area contributed by atoms with E-state index in [9.17, 15) is 14.7 Å². The Kier molecular flexibility index (Phi) is 7.24. The molecule has 3 aromatic rings. The van der Waals surface area contributed by atoms with E-state index in [1.807, 2.05) is 39.0 Å². The molecule has 1 N–H and O–H groups in total. The summed E-state index contributed by atoms with van der Waals surface area (Å²) in [6.07, 6.45) is 2.33. The van der Waals surface area contributed by atoms with Crippen molar-refractivity contribution in [1.29, 1.82) is 0 Å². The fourth-order valence-corrected chi connectivity index (χ4v) is 6.70. The summed E-state index contributed by atoms with van der Waals surface area (Å²) >= 11 is 3.61. The molecule has 10 nitrogen and oxygen atoms in total. The Labute approximate surface area is 246 Å². The predicted octanol–water partition coefficient (Wildman–Crippen LogP) is 4.03. The van der Waals surface area contributed by atoms with Crippen molar-refractivity contribution >= 4 is 32.9 Å². The van der Waals surface area contributed by atoms with Crippen LogP contribution in [-0.4, -0.2) is 75.0 Å². The number of carbonyl (C=O) groups excluding carboxylic acids is 1. The minimum absolute atomic E-state index is 0.117. The highest BCUT2D eigenvalue weighted by Gasteiger charge is 2.42. The second kappa shape index (κ2) is 10.6. The minimum atomic E-state index is -1.20. The maximum atomic E-state index is 13.4. The molecule has 1 unspecified atom stereocenters. The summed E-state index contributed by atoms with van der Waals surface area (Å²) < 4.78 is 19.7. The van der Waals surface area contributed by atoms with Crippen LogP contribution in [0.25, 0.3) is 10.9 Å². The van der Waals surface area contributed by atoms with Crippen LogP contribution in [0.1, 0.15) is 44.9 Å². The number of carbonyl (C=O) groups is 1. The number of rotatable bonds is 5. The maximum absolute atomic E-state index is 13.4. The lowest BCUT2D eigenvalue weighted by Crippen LogP contribution is -2.49. The Hall–Kier alpha value is -3.15. The van der Waals surface area contributed by atoms with E-state index in [-0.39, 0.29) is 30.8 Å². The van der Waals surface area contributed by atoms with Crippen LogP contribution in [0, 0.1) is 0 Å². The van der Waals surface area contributed by atoms with E-state index in [4.69, 9.17) is 14.2 Å². The van der Waals surface area contributed by atoms with Gasteiger partial charge in [-0.3, -0.25) is 19.6 Å². The summed E-state index contributed by atoms with van der Waals surface area (Å²) in [7, 11) is 0. The maximum Gasteiger partial charge on any atom is 0.410 e. The number of aliphatic hydroxyl groups is 1. The van der Waals surface area contributed by atoms with Gasteiger partial charge < -0.3 is 23.9 Å². The largest absolute Gasteiger partial charge is 0.486 e. The van der Waals surface area contributed by atoms with E-state index < -0.39 is 11.1 Å². The van der Waals surface area contributed by atoms with Gasteiger partial charge >= 0.3 is 6.09 Å². The molecule has 0 aliphatic carbocycles. The molecule has 6 rings (SSSR count). The van der Waals surface area contributed by atoms with Crippen molar-refractivity contribution in [2.45, 2.75) is 63.9 Å². The summed E-state index contributed by atoms with van der Waals surface area (Å²) in [6.45, 7) is 9.10. The molecule has 0 bridgehead atoms. The molecule has 1 saturated heterocycles. The van der Waals surface area contributed by atoms with Gasteiger partial charge in [0.2, 0.25) is 0 Å². The number of benzene rings is 1. The standard InChI is InChI=1S/C30H35BrN4O6/c1-29(2,3)35(16-20-14-23-24(15-32-20)40-13-12-39-23)28(37)41-21-8-10-33(11-9-21)17-30(38)18-34-25(36)7-5-19-4-6-22(31)26(30)27(19)34/h4-7,14-15,21,38H,8-13,16-18H2,1-3H3. The quantitative estimate of drug-likeness (QED) is 0.452. The van der Waals surface area contributed by atoms with Gasteiger partial charge in [0, 0.05) is 47.3 Å². The van der Waals surface area contributed by atoms with Crippen molar-refractivity contribution in [3.63, 3.8) is 0 Å². The summed E-state index contributed by atoms with van der Waals surface area (Å²) in [5, 5.41) is 12.8. The Morgan fingerprint density at radius 2 is 1.88 bits per heavy atom. The van der Waals surface area contributed by atoms with Crippen molar-refractivity contribution in [3.05, 3.63) is 62.6 Å². The number of fused-ring (bicyclic) bond motifs is 1. The zero-order valence-electron chi connectivity index (χ0n) is 23.6. The van der Waals surface area contributed by atoms with Gasteiger partial charge in [-0.2, -0.15) is 0 Å². The third-order valence-corrected chi connectivity index (χ3v) is 8.77. The zero-order chi connectivity index (χ0) is 28.9. The van der Waals surface area contributed by atoms with E-state index in [1.165, 1.54) is 0 Å². The monoisotopic (exact) mass is 626 g/mol. The average Bonchev–Trinajstić information content (AvgIpc) is 3.25. The highest BCUT2D eigenvalue weighted by Crippen LogP contribution is 2.41. The molecule has 11 heteroatoms. The molecular formula is C30H35BrN4O6. The van der Waals surface area contributed by atoms with Gasteiger partial charge in [0.15, 0.2) is 11.5 Å². The third kappa shape index (κ3) is 5.42. The SMILES string of the molecule is CC(C)(C)N(Cc1cc2c(cn1)OCCO2)C(=O)OC1CCN(CC2(O)Cn3c(=O)ccc4ccc(Br)c2c43)CC1. The van der Waals surface area contributed by atoms with Crippen LogP contribution in [0.15, 0.2) is 45.8 Å². The predicted molar refractivity (Wildman–Crippen MR) is 156 cm³/mol. The first kappa shape index (κ1) is 28.0. The fraction of sp³-hybridized carbons (Fsp3) is 0.500. The Morgan fingerprint density at radius 3 is 2.61 bits per heavy atom. The minimum Gasteiger partial charge on any atom is -0.486 e. The molecule has 0 spiro atoms. The van der Waals surface area contributed by atoms with E-state index >= 15 is 0 Å². The molecule has 41 heavy (non-hydrogen) atoms. The summed E-state index contributed by atoms with van der Waals surface area (Å²) in [6, 6.07) is 9.06. The van der Waals surface area contributed by atoms with Crippen molar-refractivity contribution in [2.24, 2.45) is 0 Å². The van der Waals surface area contributed by atoms with Crippen LogP contribution in [0.4, 0.5) is 4.79 Å². The highest BCUT2D eigenvalue weighted by atomic mass is 79.9. The molecule has 3 aliphatic heterocycles. The van der Waals surface area contributed by atoms with Gasteiger partial charge in [-0.1, -0.05) is 22.0 Å². The van der Waals surface area contributed by atoms with Crippen LogP contribution in [-0.2, 0) is 23.4 Å². The Bertz CT molecular complexity index is 1540. The molecule has 1 aromatic carbocycles. The number of piperidine rings is 1. The molecule has 5 heterocycles. The zero-order valence-corrected chi connectivity index (χ0v) is 25.1. The van der Waals surface area contributed by atoms with Crippen LogP contribution < -0.4 is 15.0 Å². The first-order valence-electron chi connectivity index (χ1n) is 14.0. The van der Waals surface area contributed by atoms with E-state index in [2.05, 4.69) is 25.8 Å². The lowest BCUT2D eigenvalue weighted by molar-refractivity contribution is -0.0324. The number of pyridine rings is 2. The smallest absolute Gasteiger partial charge is 0.410 e. The van der Waals surface area contributed by atoms with Crippen LogP contribution in [0.2, 0.25) is 0 Å². The normalized spacial score (nSPS) is 20.8. The first-order valence-corrected chi connectivity index (χ1v) is 14.8. The fourth-order valence-electron chi connectivity index (χ4n) is 6.01. The Balaban J connectivity index is 1.09. The van der Waals surface area contributed by atoms with E-state index in [1.54, 1.807) is 27.8 Å². The van der Waals surface area contributed by atoms with Crippen LogP contribution in [0.5, 0.6) is 11.5 Å². The van der Waals surface area contributed by atoms with Crippen molar-refractivity contribution in [2.75, 3.05) is 32.8 Å². The first-order chi connectivity index (χ1) is 19.5. The van der Waals surface area contributed by atoms with Gasteiger partial charge in [0.05, 0.1) is 30.5 Å². The number of amides is 1. The molecule has 3 aliphatic rings. The lowest BCUT2D eigenvalue weighted by Gasteiger charge is -2.39. The van der Waals surface area contributed by atoms with Gasteiger partial charge in [0.1, 0.15) is 24.9 Å². The van der Waals surface area contributed by atoms with Crippen molar-refractivity contribution < 1.29 is 24.1 Å². The number of β-amino-alcohol motifs (C(OH)–C–C–N with tert-alkyl or cyclic N) is 1. The third-order valence-electron chi connectivity index (χ3n) is 8.11. The molecule has 0 saturated carbocycles. The van der Waals surface area contributed by atoms with Crippen molar-refractivity contribution in [1.82, 2.24) is 19.4 Å². The molecule has 2 aromatic heterocycles. The van der Waals surface area contributed by atoms with E-state index in [0.717, 1.165) is 20.9 Å². The summed E-state index contributed by atoms with van der Waals surface area (Å²) in [5.74, 6) is 1.25. The number of hydrogen-bond acceptors (Lipinski definition) is 8. The van der Waals surface area contributed by atoms with Gasteiger partial charge in [0.25, 0.3) is 5.56 Å². The van der Waals surface area contributed by atoms with Gasteiger partial charge in [-0.25, -0.2) is 4.79 Å². The van der Waals surface area contributed by atoms with Gasteiger partial charge in [-0.15, -0.1) is 0 Å².